The standard InChI is InChI=1S/C21H20ClF3N4O4S/c22-12-5-11(2-1-9(12)6-26)34-21-20(32)18(19(31)16(8-30)33-21)28-7-15(29-27)10-3-13(23)17(25)14(24)4-10/h1-5,7,16,18-21,28-32H,8,27H2/b15-7-/t16?,18?,19-,20?,21+/m0/s1. The molecule has 8 nitrogen and oxygen atoms in total. The van der Waals surface area contributed by atoms with Crippen molar-refractivity contribution >= 4 is 29.1 Å². The summed E-state index contributed by atoms with van der Waals surface area (Å²) in [6.45, 7) is -0.572. The molecule has 0 saturated carbocycles. The number of benzene rings is 2. The fourth-order valence-corrected chi connectivity index (χ4v) is 4.67. The van der Waals surface area contributed by atoms with E-state index in [0.29, 0.717) is 17.0 Å². The predicted molar refractivity (Wildman–Crippen MR) is 118 cm³/mol. The molecule has 34 heavy (non-hydrogen) atoms. The third kappa shape index (κ3) is 5.59. The summed E-state index contributed by atoms with van der Waals surface area (Å²) in [5.41, 5.74) is 1.27. The van der Waals surface area contributed by atoms with Crippen molar-refractivity contribution in [3.8, 4) is 6.07 Å². The molecule has 0 aliphatic carbocycles. The number of hydrogen-bond donors (Lipinski definition) is 6. The van der Waals surface area contributed by atoms with Crippen LogP contribution in [0.1, 0.15) is 11.1 Å². The first-order valence-corrected chi connectivity index (χ1v) is 11.0. The number of nitrogens with two attached hydrogens (primary N) is 1. The molecule has 0 aromatic heterocycles. The summed E-state index contributed by atoms with van der Waals surface area (Å²) >= 11 is 7.09. The molecule has 0 radical (unpaired) electrons. The number of hydrazine groups is 1. The smallest absolute Gasteiger partial charge is 0.194 e. The molecule has 0 spiro atoms. The molecular formula is C21H20ClF3N4O4S. The number of halogens is 4. The van der Waals surface area contributed by atoms with Crippen LogP contribution in [0.2, 0.25) is 5.02 Å². The van der Waals surface area contributed by atoms with Crippen LogP contribution >= 0.6 is 23.4 Å². The van der Waals surface area contributed by atoms with Crippen molar-refractivity contribution in [2.75, 3.05) is 6.61 Å². The van der Waals surface area contributed by atoms with Crippen molar-refractivity contribution in [2.45, 2.75) is 34.7 Å². The molecule has 3 unspecified atom stereocenters. The Kier molecular flexibility index (Phi) is 8.67. The zero-order valence-corrected chi connectivity index (χ0v) is 18.8. The second-order valence-corrected chi connectivity index (χ2v) is 8.81. The Labute approximate surface area is 201 Å². The Bertz CT molecular complexity index is 1100. The van der Waals surface area contributed by atoms with E-state index in [9.17, 15) is 28.5 Å². The lowest BCUT2D eigenvalue weighted by Gasteiger charge is -2.42. The van der Waals surface area contributed by atoms with E-state index in [4.69, 9.17) is 27.4 Å². The minimum absolute atomic E-state index is 0.0766. The summed E-state index contributed by atoms with van der Waals surface area (Å²) < 4.78 is 46.1. The van der Waals surface area contributed by atoms with Crippen molar-refractivity contribution in [2.24, 2.45) is 5.84 Å². The molecule has 7 N–H and O–H groups in total. The minimum Gasteiger partial charge on any atom is -0.394 e. The number of nitrogens with zero attached hydrogens (tertiary/aromatic N) is 1. The van der Waals surface area contributed by atoms with Gasteiger partial charge in [0.1, 0.15) is 29.8 Å². The van der Waals surface area contributed by atoms with Crippen LogP contribution in [0.4, 0.5) is 13.2 Å². The number of thioether (sulfide) groups is 1. The van der Waals surface area contributed by atoms with Crippen molar-refractivity contribution in [1.82, 2.24) is 10.7 Å². The van der Waals surface area contributed by atoms with E-state index in [-0.39, 0.29) is 21.8 Å². The summed E-state index contributed by atoms with van der Waals surface area (Å²) in [7, 11) is 0. The molecular weight excluding hydrogens is 497 g/mol. The number of aliphatic hydroxyl groups is 3. The van der Waals surface area contributed by atoms with Gasteiger partial charge in [0.25, 0.3) is 0 Å². The van der Waals surface area contributed by atoms with E-state index < -0.39 is 53.8 Å². The topological polar surface area (TPSA) is 144 Å². The van der Waals surface area contributed by atoms with E-state index >= 15 is 0 Å². The quantitative estimate of drug-likeness (QED) is 0.183. The van der Waals surface area contributed by atoms with Gasteiger partial charge in [-0.05, 0) is 30.3 Å². The summed E-state index contributed by atoms with van der Waals surface area (Å²) in [4.78, 5) is 0.553. The van der Waals surface area contributed by atoms with Gasteiger partial charge in [-0.1, -0.05) is 23.4 Å². The summed E-state index contributed by atoms with van der Waals surface area (Å²) in [5, 5.41) is 42.9. The number of hydrogen-bond acceptors (Lipinski definition) is 9. The van der Waals surface area contributed by atoms with Gasteiger partial charge >= 0.3 is 0 Å². The maximum absolute atomic E-state index is 13.6. The van der Waals surface area contributed by atoms with Crippen molar-refractivity contribution in [3.63, 3.8) is 0 Å². The highest BCUT2D eigenvalue weighted by atomic mass is 35.5. The van der Waals surface area contributed by atoms with Crippen LogP contribution in [0.5, 0.6) is 0 Å². The van der Waals surface area contributed by atoms with Gasteiger partial charge in [0.05, 0.1) is 28.9 Å². The van der Waals surface area contributed by atoms with Crippen LogP contribution in [0.15, 0.2) is 41.4 Å². The SMILES string of the molecule is N#Cc1ccc(S[C@H]2OC(CO)[C@H](O)C(N/C=C(\NN)c3cc(F)c(F)c(F)c3)C2O)cc1Cl. The first-order chi connectivity index (χ1) is 16.2. The Morgan fingerprint density at radius 3 is 2.44 bits per heavy atom. The normalized spacial score (nSPS) is 25.0. The number of ether oxygens (including phenoxy) is 1. The highest BCUT2D eigenvalue weighted by Crippen LogP contribution is 2.35. The van der Waals surface area contributed by atoms with Crippen LogP contribution in [0.25, 0.3) is 5.70 Å². The Balaban J connectivity index is 1.84. The Morgan fingerprint density at radius 2 is 1.88 bits per heavy atom. The molecule has 13 heteroatoms. The highest BCUT2D eigenvalue weighted by Gasteiger charge is 2.44. The van der Waals surface area contributed by atoms with Gasteiger partial charge in [0.15, 0.2) is 17.5 Å². The highest BCUT2D eigenvalue weighted by molar-refractivity contribution is 7.99. The molecule has 1 aliphatic heterocycles. The van der Waals surface area contributed by atoms with Crippen molar-refractivity contribution < 1.29 is 33.2 Å². The molecule has 1 heterocycles. The van der Waals surface area contributed by atoms with E-state index in [1.165, 1.54) is 12.1 Å². The van der Waals surface area contributed by atoms with Gasteiger partial charge in [0.2, 0.25) is 0 Å². The largest absolute Gasteiger partial charge is 0.394 e. The van der Waals surface area contributed by atoms with E-state index in [1.807, 2.05) is 6.07 Å². The summed E-state index contributed by atoms with van der Waals surface area (Å²) in [5.74, 6) is 0.920. The third-order valence-corrected chi connectivity index (χ3v) is 6.53. The van der Waals surface area contributed by atoms with Gasteiger partial charge in [-0.2, -0.15) is 5.26 Å². The number of rotatable bonds is 7. The molecule has 3 rings (SSSR count). The first kappa shape index (κ1) is 26.1. The Morgan fingerprint density at radius 1 is 1.21 bits per heavy atom. The van der Waals surface area contributed by atoms with Crippen LogP contribution in [0.3, 0.4) is 0 Å². The fraction of sp³-hybridized carbons (Fsp3) is 0.286. The summed E-state index contributed by atoms with van der Waals surface area (Å²) in [6.07, 6.45) is -2.69. The average molecular weight is 517 g/mol. The minimum atomic E-state index is -1.64. The molecule has 2 aromatic rings. The predicted octanol–water partition coefficient (Wildman–Crippen LogP) is 1.58. The van der Waals surface area contributed by atoms with Crippen LogP contribution in [-0.2, 0) is 4.74 Å². The first-order valence-electron chi connectivity index (χ1n) is 9.76. The molecule has 0 bridgehead atoms. The number of nitrogens with one attached hydrogen (secondary N) is 2. The number of aliphatic hydroxyl groups excluding tert-OH is 3. The van der Waals surface area contributed by atoms with Gasteiger partial charge < -0.3 is 30.8 Å². The lowest BCUT2D eigenvalue weighted by molar-refractivity contribution is -0.164. The second kappa shape index (κ2) is 11.3. The summed E-state index contributed by atoms with van der Waals surface area (Å²) in [6, 6.07) is 6.85. The molecule has 1 fully saturated rings. The van der Waals surface area contributed by atoms with Crippen molar-refractivity contribution in [1.29, 1.82) is 5.26 Å². The van der Waals surface area contributed by atoms with Crippen LogP contribution < -0.4 is 16.6 Å². The monoisotopic (exact) mass is 516 g/mol. The maximum Gasteiger partial charge on any atom is 0.194 e. The molecule has 5 atom stereocenters. The molecule has 182 valence electrons. The molecule has 2 aromatic carbocycles. The zero-order chi connectivity index (χ0) is 25.0. The fourth-order valence-electron chi connectivity index (χ4n) is 3.27. The molecule has 1 aliphatic rings. The van der Waals surface area contributed by atoms with Gasteiger partial charge in [-0.3, -0.25) is 5.84 Å². The molecule has 1 saturated heterocycles. The average Bonchev–Trinajstić information content (AvgIpc) is 2.81. The van der Waals surface area contributed by atoms with E-state index in [2.05, 4.69) is 10.7 Å². The maximum atomic E-state index is 13.6. The zero-order valence-electron chi connectivity index (χ0n) is 17.3. The number of nitriles is 1. The van der Waals surface area contributed by atoms with Crippen molar-refractivity contribution in [3.05, 3.63) is 70.1 Å². The molecule has 0 amide bonds. The van der Waals surface area contributed by atoms with Gasteiger partial charge in [-0.25, -0.2) is 13.2 Å². The van der Waals surface area contributed by atoms with Crippen LogP contribution in [-0.4, -0.2) is 51.7 Å². The van der Waals surface area contributed by atoms with E-state index in [1.54, 1.807) is 6.07 Å². The van der Waals surface area contributed by atoms with Crippen LogP contribution in [0, 0.1) is 28.8 Å². The lowest BCUT2D eigenvalue weighted by Crippen LogP contribution is -2.62. The third-order valence-electron chi connectivity index (χ3n) is 5.07. The van der Waals surface area contributed by atoms with Gasteiger partial charge in [-0.15, -0.1) is 0 Å². The second-order valence-electron chi connectivity index (χ2n) is 7.23. The lowest BCUT2D eigenvalue weighted by atomic mass is 9.97. The van der Waals surface area contributed by atoms with Gasteiger partial charge in [0, 0.05) is 16.7 Å². The Hall–Kier alpha value is -2.50. The van der Waals surface area contributed by atoms with E-state index in [0.717, 1.165) is 18.0 Å².